The molecule has 1 aromatic heterocycles. The fourth-order valence-electron chi connectivity index (χ4n) is 4.05. The Morgan fingerprint density at radius 3 is 2.90 bits per heavy atom. The predicted octanol–water partition coefficient (Wildman–Crippen LogP) is 2.80. The molecule has 1 saturated heterocycles. The van der Waals surface area contributed by atoms with Crippen LogP contribution in [0.3, 0.4) is 0 Å². The van der Waals surface area contributed by atoms with Crippen molar-refractivity contribution in [2.24, 2.45) is 17.6 Å². The Hall–Kier alpha value is -1.61. The summed E-state index contributed by atoms with van der Waals surface area (Å²) in [5.41, 5.74) is 6.33. The first-order valence-electron chi connectivity index (χ1n) is 7.67. The van der Waals surface area contributed by atoms with E-state index in [1.807, 2.05) is 6.20 Å². The molecule has 104 valence electrons. The van der Waals surface area contributed by atoms with Crippen molar-refractivity contribution in [1.29, 1.82) is 0 Å². The van der Waals surface area contributed by atoms with Crippen LogP contribution in [0.1, 0.15) is 19.3 Å². The van der Waals surface area contributed by atoms with E-state index in [9.17, 15) is 0 Å². The van der Waals surface area contributed by atoms with Crippen LogP contribution in [0.15, 0.2) is 36.5 Å². The maximum absolute atomic E-state index is 6.33. The van der Waals surface area contributed by atoms with Gasteiger partial charge in [0.15, 0.2) is 0 Å². The van der Waals surface area contributed by atoms with Crippen molar-refractivity contribution in [3.05, 3.63) is 36.5 Å². The van der Waals surface area contributed by atoms with E-state index in [1.54, 1.807) is 0 Å². The number of nitrogens with two attached hydrogens (primary N) is 1. The SMILES string of the molecule is NC1CCCC2CN(c3nccc4ccccc34)CC12. The average Bonchev–Trinajstić information content (AvgIpc) is 2.92. The molecule has 0 bridgehead atoms. The zero-order valence-corrected chi connectivity index (χ0v) is 11.7. The highest BCUT2D eigenvalue weighted by Gasteiger charge is 2.39. The smallest absolute Gasteiger partial charge is 0.136 e. The second-order valence-electron chi connectivity index (χ2n) is 6.28. The molecule has 0 spiro atoms. The van der Waals surface area contributed by atoms with E-state index in [0.717, 1.165) is 24.8 Å². The van der Waals surface area contributed by atoms with Gasteiger partial charge in [0.1, 0.15) is 5.82 Å². The minimum atomic E-state index is 0.383. The third-order valence-corrected chi connectivity index (χ3v) is 5.11. The van der Waals surface area contributed by atoms with E-state index >= 15 is 0 Å². The van der Waals surface area contributed by atoms with Crippen LogP contribution >= 0.6 is 0 Å². The molecule has 4 rings (SSSR count). The summed E-state index contributed by atoms with van der Waals surface area (Å²) in [6.45, 7) is 2.20. The van der Waals surface area contributed by atoms with E-state index < -0.39 is 0 Å². The Bertz CT molecular complexity index is 619. The Morgan fingerprint density at radius 2 is 2.00 bits per heavy atom. The van der Waals surface area contributed by atoms with Crippen molar-refractivity contribution in [3.8, 4) is 0 Å². The summed E-state index contributed by atoms with van der Waals surface area (Å²) >= 11 is 0. The van der Waals surface area contributed by atoms with E-state index in [0.29, 0.717) is 12.0 Å². The molecule has 3 nitrogen and oxygen atoms in total. The zero-order chi connectivity index (χ0) is 13.5. The normalized spacial score (nSPS) is 29.6. The van der Waals surface area contributed by atoms with Crippen LogP contribution in [0.4, 0.5) is 5.82 Å². The molecule has 3 atom stereocenters. The highest BCUT2D eigenvalue weighted by atomic mass is 15.2. The molecule has 2 aromatic rings. The molecule has 20 heavy (non-hydrogen) atoms. The average molecular weight is 267 g/mol. The molecule has 2 aliphatic rings. The minimum Gasteiger partial charge on any atom is -0.355 e. The van der Waals surface area contributed by atoms with E-state index in [4.69, 9.17) is 5.73 Å². The van der Waals surface area contributed by atoms with Crippen LogP contribution in [0, 0.1) is 11.8 Å². The number of benzene rings is 1. The summed E-state index contributed by atoms with van der Waals surface area (Å²) in [6.07, 6.45) is 5.75. The van der Waals surface area contributed by atoms with E-state index in [-0.39, 0.29) is 0 Å². The quantitative estimate of drug-likeness (QED) is 0.864. The third kappa shape index (κ3) is 1.88. The van der Waals surface area contributed by atoms with Crippen LogP contribution in [-0.4, -0.2) is 24.1 Å². The Labute approximate surface area is 119 Å². The predicted molar refractivity (Wildman–Crippen MR) is 82.8 cm³/mol. The van der Waals surface area contributed by atoms with E-state index in [1.165, 1.54) is 30.0 Å². The number of rotatable bonds is 1. The topological polar surface area (TPSA) is 42.1 Å². The first-order chi connectivity index (χ1) is 9.83. The van der Waals surface area contributed by atoms with Gasteiger partial charge in [0.2, 0.25) is 0 Å². The Morgan fingerprint density at radius 1 is 1.10 bits per heavy atom. The lowest BCUT2D eigenvalue weighted by Gasteiger charge is -2.29. The largest absolute Gasteiger partial charge is 0.355 e. The molecule has 0 radical (unpaired) electrons. The van der Waals surface area contributed by atoms with Crippen molar-refractivity contribution >= 4 is 16.6 Å². The number of pyridine rings is 1. The standard InChI is InChI=1S/C17H21N3/c18-16-7-3-5-13-10-20(11-15(13)16)17-14-6-2-1-4-12(14)8-9-19-17/h1-2,4,6,8-9,13,15-16H,3,5,7,10-11,18H2. The van der Waals surface area contributed by atoms with Gasteiger partial charge >= 0.3 is 0 Å². The lowest BCUT2D eigenvalue weighted by atomic mass is 9.78. The number of aromatic nitrogens is 1. The summed E-state index contributed by atoms with van der Waals surface area (Å²) < 4.78 is 0. The molecule has 1 aromatic carbocycles. The number of anilines is 1. The van der Waals surface area contributed by atoms with Gasteiger partial charge in [-0.2, -0.15) is 0 Å². The van der Waals surface area contributed by atoms with Gasteiger partial charge in [0.25, 0.3) is 0 Å². The van der Waals surface area contributed by atoms with Crippen molar-refractivity contribution in [2.75, 3.05) is 18.0 Å². The molecular weight excluding hydrogens is 246 g/mol. The van der Waals surface area contributed by atoms with Crippen molar-refractivity contribution in [3.63, 3.8) is 0 Å². The van der Waals surface area contributed by atoms with Gasteiger partial charge in [-0.25, -0.2) is 4.98 Å². The number of fused-ring (bicyclic) bond motifs is 2. The van der Waals surface area contributed by atoms with Crippen molar-refractivity contribution < 1.29 is 0 Å². The molecule has 1 aliphatic carbocycles. The summed E-state index contributed by atoms with van der Waals surface area (Å²) in [5, 5.41) is 2.54. The second-order valence-corrected chi connectivity index (χ2v) is 6.28. The summed E-state index contributed by atoms with van der Waals surface area (Å²) in [7, 11) is 0. The van der Waals surface area contributed by atoms with E-state index in [2.05, 4.69) is 40.2 Å². The van der Waals surface area contributed by atoms with Gasteiger partial charge in [0.05, 0.1) is 0 Å². The number of hydrogen-bond donors (Lipinski definition) is 1. The maximum Gasteiger partial charge on any atom is 0.136 e. The first kappa shape index (κ1) is 12.2. The number of hydrogen-bond acceptors (Lipinski definition) is 3. The summed E-state index contributed by atoms with van der Waals surface area (Å²) in [6, 6.07) is 11.0. The van der Waals surface area contributed by atoms with Crippen molar-refractivity contribution in [1.82, 2.24) is 4.98 Å². The van der Waals surface area contributed by atoms with Gasteiger partial charge < -0.3 is 10.6 Å². The second kappa shape index (κ2) is 4.74. The zero-order valence-electron chi connectivity index (χ0n) is 11.7. The van der Waals surface area contributed by atoms with Gasteiger partial charge in [-0.15, -0.1) is 0 Å². The van der Waals surface area contributed by atoms with Gasteiger partial charge in [0, 0.05) is 30.7 Å². The van der Waals surface area contributed by atoms with Gasteiger partial charge in [-0.3, -0.25) is 0 Å². The molecule has 2 fully saturated rings. The lowest BCUT2D eigenvalue weighted by Crippen LogP contribution is -2.38. The molecular formula is C17H21N3. The van der Waals surface area contributed by atoms with Crippen LogP contribution < -0.4 is 10.6 Å². The van der Waals surface area contributed by atoms with Crippen LogP contribution in [-0.2, 0) is 0 Å². The molecule has 3 heteroatoms. The van der Waals surface area contributed by atoms with Crippen LogP contribution in [0.2, 0.25) is 0 Å². The molecule has 2 N–H and O–H groups in total. The Kier molecular flexibility index (Phi) is 2.88. The number of nitrogens with zero attached hydrogens (tertiary/aromatic N) is 2. The fraction of sp³-hybridized carbons (Fsp3) is 0.471. The van der Waals surface area contributed by atoms with Gasteiger partial charge in [-0.1, -0.05) is 30.7 Å². The first-order valence-corrected chi connectivity index (χ1v) is 7.67. The summed E-state index contributed by atoms with van der Waals surface area (Å²) in [4.78, 5) is 7.12. The fourth-order valence-corrected chi connectivity index (χ4v) is 4.05. The monoisotopic (exact) mass is 267 g/mol. The van der Waals surface area contributed by atoms with Crippen molar-refractivity contribution in [2.45, 2.75) is 25.3 Å². The highest BCUT2D eigenvalue weighted by molar-refractivity contribution is 5.92. The molecule has 1 aliphatic heterocycles. The lowest BCUT2D eigenvalue weighted by molar-refractivity contribution is 0.260. The van der Waals surface area contributed by atoms with Crippen LogP contribution in [0.25, 0.3) is 10.8 Å². The summed E-state index contributed by atoms with van der Waals surface area (Å²) in [5.74, 6) is 2.56. The maximum atomic E-state index is 6.33. The molecule has 0 amide bonds. The minimum absolute atomic E-state index is 0.383. The van der Waals surface area contributed by atoms with Gasteiger partial charge in [-0.05, 0) is 36.1 Å². The van der Waals surface area contributed by atoms with Crippen LogP contribution in [0.5, 0.6) is 0 Å². The third-order valence-electron chi connectivity index (χ3n) is 5.11. The molecule has 3 unspecified atom stereocenters. The molecule has 1 saturated carbocycles. The highest BCUT2D eigenvalue weighted by Crippen LogP contribution is 2.38. The Balaban J connectivity index is 1.70. The molecule has 2 heterocycles.